The first-order valence-corrected chi connectivity index (χ1v) is 14.5. The first-order valence-electron chi connectivity index (χ1n) is 13.0. The largest absolute Gasteiger partial charge is 0.477 e. The van der Waals surface area contributed by atoms with Gasteiger partial charge < -0.3 is 20.1 Å². The molecule has 0 spiro atoms. The second kappa shape index (κ2) is 10.5. The molecular formula is C25H39N5O7S. The lowest BCUT2D eigenvalue weighted by atomic mass is 9.52. The monoisotopic (exact) mass is 553 g/mol. The number of hydrogen-bond acceptors (Lipinski definition) is 8. The Morgan fingerprint density at radius 2 is 1.92 bits per heavy atom. The van der Waals surface area contributed by atoms with Crippen LogP contribution in [0.15, 0.2) is 12.3 Å². The molecule has 4 saturated carbocycles. The van der Waals surface area contributed by atoms with E-state index in [1.807, 2.05) is 13.8 Å². The number of methoxy groups -OCH3 is 1. The number of carbonyl (C=O) groups is 2. The van der Waals surface area contributed by atoms with Crippen molar-refractivity contribution in [2.24, 2.45) is 28.8 Å². The summed E-state index contributed by atoms with van der Waals surface area (Å²) in [6.45, 7) is 7.99. The highest BCUT2D eigenvalue weighted by molar-refractivity contribution is 7.84. The third-order valence-corrected chi connectivity index (χ3v) is 8.18. The van der Waals surface area contributed by atoms with Crippen molar-refractivity contribution in [3.8, 4) is 5.88 Å². The van der Waals surface area contributed by atoms with E-state index in [-0.39, 0.29) is 29.7 Å². The average Bonchev–Trinajstić information content (AvgIpc) is 3.19. The van der Waals surface area contributed by atoms with Crippen LogP contribution in [0.2, 0.25) is 0 Å². The minimum Gasteiger partial charge on any atom is -0.477 e. The van der Waals surface area contributed by atoms with Gasteiger partial charge >= 0.3 is 16.4 Å². The van der Waals surface area contributed by atoms with Crippen LogP contribution in [0.4, 0.5) is 4.79 Å². The highest BCUT2D eigenvalue weighted by Gasteiger charge is 2.57. The molecule has 12 nitrogen and oxygen atoms in total. The Kier molecular flexibility index (Phi) is 7.84. The van der Waals surface area contributed by atoms with Gasteiger partial charge in [0.15, 0.2) is 0 Å². The van der Waals surface area contributed by atoms with E-state index in [0.29, 0.717) is 43.2 Å². The van der Waals surface area contributed by atoms with Gasteiger partial charge in [0.05, 0.1) is 31.1 Å². The van der Waals surface area contributed by atoms with E-state index < -0.39 is 27.5 Å². The van der Waals surface area contributed by atoms with Gasteiger partial charge in [-0.3, -0.25) is 8.98 Å². The fraction of sp³-hybridized carbons (Fsp3) is 0.720. The Bertz CT molecular complexity index is 1180. The van der Waals surface area contributed by atoms with Crippen molar-refractivity contribution in [2.45, 2.75) is 77.0 Å². The van der Waals surface area contributed by atoms with Gasteiger partial charge in [0.25, 0.3) is 5.91 Å². The lowest BCUT2D eigenvalue weighted by Crippen LogP contribution is -2.63. The van der Waals surface area contributed by atoms with Gasteiger partial charge in [0.1, 0.15) is 5.56 Å². The van der Waals surface area contributed by atoms with Gasteiger partial charge in [0.2, 0.25) is 5.88 Å². The van der Waals surface area contributed by atoms with Crippen molar-refractivity contribution in [2.75, 3.05) is 13.7 Å². The lowest BCUT2D eigenvalue weighted by Gasteiger charge is -2.58. The van der Waals surface area contributed by atoms with E-state index in [1.54, 1.807) is 26.1 Å². The summed E-state index contributed by atoms with van der Waals surface area (Å²) >= 11 is 0. The number of aromatic nitrogens is 2. The van der Waals surface area contributed by atoms with Gasteiger partial charge in [-0.1, -0.05) is 13.8 Å². The smallest absolute Gasteiger partial charge is 0.407 e. The molecule has 0 saturated heterocycles. The molecule has 38 heavy (non-hydrogen) atoms. The summed E-state index contributed by atoms with van der Waals surface area (Å²) in [5, 5.41) is 15.5. The maximum Gasteiger partial charge on any atom is 0.407 e. The molecule has 1 heterocycles. The van der Waals surface area contributed by atoms with Gasteiger partial charge in [-0.2, -0.15) is 13.5 Å². The molecule has 5 rings (SSSR count). The van der Waals surface area contributed by atoms with Crippen molar-refractivity contribution >= 4 is 28.5 Å². The molecule has 2 unspecified atom stereocenters. The molecule has 4 bridgehead atoms. The van der Waals surface area contributed by atoms with Gasteiger partial charge in [-0.15, -0.1) is 0 Å². The normalized spacial score (nSPS) is 28.6. The predicted molar refractivity (Wildman–Crippen MR) is 139 cm³/mol. The second-order valence-corrected chi connectivity index (χ2v) is 13.0. The molecule has 4 N–H and O–H groups in total. The van der Waals surface area contributed by atoms with Crippen LogP contribution >= 0.6 is 0 Å². The van der Waals surface area contributed by atoms with Crippen LogP contribution in [0, 0.1) is 23.7 Å². The third kappa shape index (κ3) is 6.49. The van der Waals surface area contributed by atoms with Crippen LogP contribution in [0.1, 0.15) is 70.2 Å². The highest BCUT2D eigenvalue weighted by Crippen LogP contribution is 2.57. The van der Waals surface area contributed by atoms with Crippen LogP contribution in [-0.4, -0.2) is 61.1 Å². The van der Waals surface area contributed by atoms with Gasteiger partial charge in [-0.25, -0.2) is 14.6 Å². The molecule has 0 aliphatic heterocycles. The molecule has 1 aromatic rings. The van der Waals surface area contributed by atoms with E-state index in [2.05, 4.69) is 20.5 Å². The number of carbonyl (C=O) groups excluding carboxylic acids is 2. The number of ether oxygens (including phenoxy) is 2. The van der Waals surface area contributed by atoms with Crippen molar-refractivity contribution in [1.29, 1.82) is 0 Å². The number of alkyl carbamates (subject to hydrolysis) is 1. The van der Waals surface area contributed by atoms with Crippen LogP contribution in [0.3, 0.4) is 0 Å². The summed E-state index contributed by atoms with van der Waals surface area (Å²) < 4.78 is 41.0. The summed E-state index contributed by atoms with van der Waals surface area (Å²) in [5.41, 5.74) is -1.21. The van der Waals surface area contributed by atoms with E-state index in [1.165, 1.54) is 18.0 Å². The molecule has 0 radical (unpaired) electrons. The molecule has 4 aliphatic rings. The van der Waals surface area contributed by atoms with Crippen LogP contribution in [0.25, 0.3) is 6.20 Å². The Morgan fingerprint density at radius 3 is 2.50 bits per heavy atom. The minimum atomic E-state index is -4.06. The zero-order valence-corrected chi connectivity index (χ0v) is 23.4. The summed E-state index contributed by atoms with van der Waals surface area (Å²) in [7, 11) is -2.77. The van der Waals surface area contributed by atoms with E-state index in [4.69, 9.17) is 14.1 Å². The molecular weight excluding hydrogens is 514 g/mol. The SMILES string of the molecule is COC(=O)NC(C)(C)/C=C/n1ncc(C(=O)NC2C3CC4CC2CC(OS(N)(=O)=O)(C4)C3)c1OCC(C)C. The fourth-order valence-corrected chi connectivity index (χ4v) is 7.07. The number of nitrogens with zero attached hydrogens (tertiary/aromatic N) is 2. The number of hydrogen-bond donors (Lipinski definition) is 3. The first-order chi connectivity index (χ1) is 17.7. The topological polar surface area (TPSA) is 164 Å². The molecule has 2 atom stereocenters. The Labute approximate surface area is 223 Å². The number of rotatable bonds is 10. The fourth-order valence-electron chi connectivity index (χ4n) is 6.38. The lowest BCUT2D eigenvalue weighted by molar-refractivity contribution is -0.118. The zero-order valence-electron chi connectivity index (χ0n) is 22.6. The minimum absolute atomic E-state index is 0.101. The Balaban J connectivity index is 1.52. The summed E-state index contributed by atoms with van der Waals surface area (Å²) in [4.78, 5) is 25.2. The second-order valence-electron chi connectivity index (χ2n) is 11.9. The van der Waals surface area contributed by atoms with Crippen molar-refractivity contribution < 1.29 is 31.7 Å². The van der Waals surface area contributed by atoms with Crippen LogP contribution in [0.5, 0.6) is 5.88 Å². The average molecular weight is 554 g/mol. The van der Waals surface area contributed by atoms with Crippen LogP contribution < -0.4 is 20.5 Å². The number of amides is 2. The van der Waals surface area contributed by atoms with E-state index in [0.717, 1.165) is 12.8 Å². The first kappa shape index (κ1) is 28.4. The van der Waals surface area contributed by atoms with Crippen molar-refractivity contribution in [1.82, 2.24) is 20.4 Å². The van der Waals surface area contributed by atoms with Crippen molar-refractivity contribution in [3.05, 3.63) is 17.8 Å². The molecule has 212 valence electrons. The molecule has 13 heteroatoms. The Morgan fingerprint density at radius 1 is 1.26 bits per heavy atom. The Hall–Kier alpha value is -2.64. The maximum atomic E-state index is 13.5. The van der Waals surface area contributed by atoms with E-state index in [9.17, 15) is 18.0 Å². The molecule has 2 amide bonds. The van der Waals surface area contributed by atoms with Gasteiger partial charge in [0, 0.05) is 12.2 Å². The summed E-state index contributed by atoms with van der Waals surface area (Å²) in [6, 6.07) is -0.101. The molecule has 4 fully saturated rings. The van der Waals surface area contributed by atoms with Gasteiger partial charge in [-0.05, 0) is 75.7 Å². The molecule has 1 aromatic heterocycles. The number of nitrogens with two attached hydrogens (primary N) is 1. The standard InChI is InChI=1S/C25H39N5O7S/c1-15(2)14-36-22-19(13-27-30(22)7-6-24(3,4)29-23(32)35-5)21(31)28-20-17-8-16-9-18(20)12-25(10-16,11-17)37-38(26,33)34/h6-7,13,15-18,20H,8-12,14H2,1-5H3,(H,28,31)(H,29,32)(H2,26,33,34)/b7-6+. The zero-order chi connectivity index (χ0) is 27.9. The maximum absolute atomic E-state index is 13.5. The van der Waals surface area contributed by atoms with E-state index >= 15 is 0 Å². The molecule has 4 aliphatic carbocycles. The highest BCUT2D eigenvalue weighted by atomic mass is 32.2. The number of nitrogens with one attached hydrogen (secondary N) is 2. The third-order valence-electron chi connectivity index (χ3n) is 7.60. The summed E-state index contributed by atoms with van der Waals surface area (Å²) in [5.74, 6) is 0.796. The van der Waals surface area contributed by atoms with Crippen molar-refractivity contribution in [3.63, 3.8) is 0 Å². The summed E-state index contributed by atoms with van der Waals surface area (Å²) in [6.07, 6.45) is 7.87. The van der Waals surface area contributed by atoms with Crippen LogP contribution in [-0.2, 0) is 19.2 Å². The predicted octanol–water partition coefficient (Wildman–Crippen LogP) is 2.42. The molecule has 0 aromatic carbocycles. The quantitative estimate of drug-likeness (QED) is 0.398.